The van der Waals surface area contributed by atoms with Crippen LogP contribution in [0.4, 0.5) is 0 Å². The molecule has 0 aliphatic rings. The van der Waals surface area contributed by atoms with Crippen LogP contribution in [0.2, 0.25) is 0 Å². The van der Waals surface area contributed by atoms with E-state index in [1.807, 2.05) is 31.3 Å². The van der Waals surface area contributed by atoms with Crippen LogP contribution in [0.3, 0.4) is 0 Å². The van der Waals surface area contributed by atoms with Crippen LogP contribution >= 0.6 is 0 Å². The Labute approximate surface area is 112 Å². The summed E-state index contributed by atoms with van der Waals surface area (Å²) in [6, 6.07) is 7.73. The summed E-state index contributed by atoms with van der Waals surface area (Å²) in [5, 5.41) is 8.10. The van der Waals surface area contributed by atoms with Crippen molar-refractivity contribution in [1.29, 1.82) is 0 Å². The fourth-order valence-electron chi connectivity index (χ4n) is 2.12. The molecule has 1 atom stereocenters. The first-order chi connectivity index (χ1) is 9.13. The molecule has 0 saturated heterocycles. The third kappa shape index (κ3) is 2.93. The SMILES string of the molecule is CC(CCN)CNC(=O)c1nn(C)c2ccccc12. The van der Waals surface area contributed by atoms with Crippen molar-refractivity contribution in [2.24, 2.45) is 18.7 Å². The highest BCUT2D eigenvalue weighted by atomic mass is 16.1. The van der Waals surface area contributed by atoms with E-state index in [0.29, 0.717) is 24.7 Å². The van der Waals surface area contributed by atoms with Crippen molar-refractivity contribution in [3.05, 3.63) is 30.0 Å². The third-order valence-corrected chi connectivity index (χ3v) is 3.24. The number of nitrogens with two attached hydrogens (primary N) is 1. The molecule has 102 valence electrons. The number of aromatic nitrogens is 2. The molecule has 1 unspecified atom stereocenters. The van der Waals surface area contributed by atoms with E-state index < -0.39 is 0 Å². The van der Waals surface area contributed by atoms with Crippen LogP contribution in [0.1, 0.15) is 23.8 Å². The molecule has 1 amide bonds. The Hall–Kier alpha value is -1.88. The minimum Gasteiger partial charge on any atom is -0.350 e. The first-order valence-corrected chi connectivity index (χ1v) is 6.53. The standard InChI is InChI=1S/C14H20N4O/c1-10(7-8-15)9-16-14(19)13-11-5-3-4-6-12(11)18(2)17-13/h3-6,10H,7-9,15H2,1-2H3,(H,16,19). The Bertz CT molecular complexity index is 576. The van der Waals surface area contributed by atoms with E-state index in [9.17, 15) is 4.79 Å². The minimum absolute atomic E-state index is 0.124. The van der Waals surface area contributed by atoms with Crippen LogP contribution < -0.4 is 11.1 Å². The van der Waals surface area contributed by atoms with Gasteiger partial charge in [-0.25, -0.2) is 0 Å². The van der Waals surface area contributed by atoms with E-state index in [1.165, 1.54) is 0 Å². The van der Waals surface area contributed by atoms with Crippen LogP contribution in [0, 0.1) is 5.92 Å². The zero-order valence-electron chi connectivity index (χ0n) is 11.4. The number of para-hydroxylation sites is 1. The second-order valence-corrected chi connectivity index (χ2v) is 4.88. The van der Waals surface area contributed by atoms with E-state index in [0.717, 1.165) is 17.3 Å². The number of nitrogens with zero attached hydrogens (tertiary/aromatic N) is 2. The molecule has 1 aromatic carbocycles. The third-order valence-electron chi connectivity index (χ3n) is 3.24. The van der Waals surface area contributed by atoms with Gasteiger partial charge in [-0.3, -0.25) is 9.48 Å². The highest BCUT2D eigenvalue weighted by Gasteiger charge is 2.15. The number of hydrogen-bond donors (Lipinski definition) is 2. The van der Waals surface area contributed by atoms with Gasteiger partial charge >= 0.3 is 0 Å². The molecule has 1 aromatic heterocycles. The first kappa shape index (κ1) is 13.5. The second kappa shape index (κ2) is 5.84. The Morgan fingerprint density at radius 3 is 2.95 bits per heavy atom. The Kier molecular flexibility index (Phi) is 4.16. The van der Waals surface area contributed by atoms with Crippen LogP contribution in [0.5, 0.6) is 0 Å². The summed E-state index contributed by atoms with van der Waals surface area (Å²) in [5.41, 5.74) is 6.94. The Balaban J connectivity index is 2.13. The van der Waals surface area contributed by atoms with Gasteiger partial charge in [-0.05, 0) is 24.9 Å². The Morgan fingerprint density at radius 1 is 1.47 bits per heavy atom. The fraction of sp³-hybridized carbons (Fsp3) is 0.429. The molecule has 0 saturated carbocycles. The van der Waals surface area contributed by atoms with Crippen molar-refractivity contribution in [3.8, 4) is 0 Å². The summed E-state index contributed by atoms with van der Waals surface area (Å²) in [6.45, 7) is 3.34. The predicted molar refractivity (Wildman–Crippen MR) is 75.9 cm³/mol. The van der Waals surface area contributed by atoms with Crippen LogP contribution in [0.25, 0.3) is 10.9 Å². The van der Waals surface area contributed by atoms with Gasteiger partial charge in [-0.15, -0.1) is 0 Å². The maximum absolute atomic E-state index is 12.2. The summed E-state index contributed by atoms with van der Waals surface area (Å²) >= 11 is 0. The lowest BCUT2D eigenvalue weighted by Gasteiger charge is -2.10. The number of rotatable bonds is 5. The van der Waals surface area contributed by atoms with Gasteiger partial charge in [0.25, 0.3) is 5.91 Å². The molecule has 2 aromatic rings. The molecule has 3 N–H and O–H groups in total. The van der Waals surface area contributed by atoms with E-state index in [-0.39, 0.29) is 5.91 Å². The molecule has 0 aliphatic carbocycles. The van der Waals surface area contributed by atoms with Gasteiger partial charge in [-0.1, -0.05) is 25.1 Å². The number of carbonyl (C=O) groups is 1. The van der Waals surface area contributed by atoms with Crippen LogP contribution in [0.15, 0.2) is 24.3 Å². The van der Waals surface area contributed by atoms with Crippen molar-refractivity contribution >= 4 is 16.8 Å². The quantitative estimate of drug-likeness (QED) is 0.850. The minimum atomic E-state index is -0.124. The summed E-state index contributed by atoms with van der Waals surface area (Å²) in [4.78, 5) is 12.2. The molecule has 0 radical (unpaired) electrons. The molecule has 0 aliphatic heterocycles. The van der Waals surface area contributed by atoms with E-state index in [2.05, 4.69) is 17.3 Å². The summed E-state index contributed by atoms with van der Waals surface area (Å²) in [7, 11) is 1.84. The van der Waals surface area contributed by atoms with Crippen molar-refractivity contribution in [1.82, 2.24) is 15.1 Å². The summed E-state index contributed by atoms with van der Waals surface area (Å²) < 4.78 is 1.73. The lowest BCUT2D eigenvalue weighted by molar-refractivity contribution is 0.0943. The summed E-state index contributed by atoms with van der Waals surface area (Å²) in [5.74, 6) is 0.254. The van der Waals surface area contributed by atoms with E-state index in [1.54, 1.807) is 4.68 Å². The summed E-state index contributed by atoms with van der Waals surface area (Å²) in [6.07, 6.45) is 0.906. The van der Waals surface area contributed by atoms with Crippen molar-refractivity contribution in [3.63, 3.8) is 0 Å². The normalized spacial score (nSPS) is 12.6. The molecule has 0 bridgehead atoms. The topological polar surface area (TPSA) is 72.9 Å². The number of amides is 1. The molecular weight excluding hydrogens is 240 g/mol. The van der Waals surface area contributed by atoms with Gasteiger partial charge in [0.1, 0.15) is 0 Å². The number of benzene rings is 1. The van der Waals surface area contributed by atoms with Gasteiger partial charge in [0.15, 0.2) is 5.69 Å². The lowest BCUT2D eigenvalue weighted by atomic mass is 10.1. The van der Waals surface area contributed by atoms with Crippen molar-refractivity contribution < 1.29 is 4.79 Å². The van der Waals surface area contributed by atoms with E-state index >= 15 is 0 Å². The maximum Gasteiger partial charge on any atom is 0.272 e. The zero-order valence-corrected chi connectivity index (χ0v) is 11.4. The second-order valence-electron chi connectivity index (χ2n) is 4.88. The monoisotopic (exact) mass is 260 g/mol. The van der Waals surface area contributed by atoms with Gasteiger partial charge in [0, 0.05) is 19.0 Å². The smallest absolute Gasteiger partial charge is 0.272 e. The number of carbonyl (C=O) groups excluding carboxylic acids is 1. The number of nitrogens with one attached hydrogen (secondary N) is 1. The molecule has 5 heteroatoms. The largest absolute Gasteiger partial charge is 0.350 e. The van der Waals surface area contributed by atoms with Gasteiger partial charge < -0.3 is 11.1 Å². The van der Waals surface area contributed by atoms with Gasteiger partial charge in [-0.2, -0.15) is 5.10 Å². The highest BCUT2D eigenvalue weighted by Crippen LogP contribution is 2.17. The molecule has 5 nitrogen and oxygen atoms in total. The molecular formula is C14H20N4O. The van der Waals surface area contributed by atoms with E-state index in [4.69, 9.17) is 5.73 Å². The Morgan fingerprint density at radius 2 is 2.21 bits per heavy atom. The number of fused-ring (bicyclic) bond motifs is 1. The molecule has 19 heavy (non-hydrogen) atoms. The highest BCUT2D eigenvalue weighted by molar-refractivity contribution is 6.04. The average molecular weight is 260 g/mol. The number of hydrogen-bond acceptors (Lipinski definition) is 3. The number of aryl methyl sites for hydroxylation is 1. The molecule has 0 spiro atoms. The fourth-order valence-corrected chi connectivity index (χ4v) is 2.12. The lowest BCUT2D eigenvalue weighted by Crippen LogP contribution is -2.29. The average Bonchev–Trinajstić information content (AvgIpc) is 2.75. The zero-order chi connectivity index (χ0) is 13.8. The van der Waals surface area contributed by atoms with Gasteiger partial charge in [0.05, 0.1) is 5.52 Å². The van der Waals surface area contributed by atoms with Gasteiger partial charge in [0.2, 0.25) is 0 Å². The van der Waals surface area contributed by atoms with Crippen molar-refractivity contribution in [2.45, 2.75) is 13.3 Å². The molecule has 1 heterocycles. The predicted octanol–water partition coefficient (Wildman–Crippen LogP) is 1.29. The van der Waals surface area contributed by atoms with Crippen LogP contribution in [-0.2, 0) is 7.05 Å². The molecule has 2 rings (SSSR count). The maximum atomic E-state index is 12.2. The van der Waals surface area contributed by atoms with Crippen molar-refractivity contribution in [2.75, 3.05) is 13.1 Å². The van der Waals surface area contributed by atoms with Crippen LogP contribution in [-0.4, -0.2) is 28.8 Å². The molecule has 0 fully saturated rings. The first-order valence-electron chi connectivity index (χ1n) is 6.53.